The number of amides is 4. The highest BCUT2D eigenvalue weighted by atomic mass is 19.2. The lowest BCUT2D eigenvalue weighted by molar-refractivity contribution is -0.140. The third-order valence-corrected chi connectivity index (χ3v) is 10.1. The highest BCUT2D eigenvalue weighted by Crippen LogP contribution is 2.35. The molecule has 314 valence electrons. The number of hydrogen-bond acceptors (Lipinski definition) is 10. The van der Waals surface area contributed by atoms with Crippen LogP contribution in [-0.4, -0.2) is 152 Å². The number of likely N-dealkylation sites (N-methyl/N-ethyl adjacent to an activating group) is 1. The smallest absolute Gasteiger partial charge is 0.410 e. The molecular formula is C39H59F2N5O10. The molecule has 2 unspecified atom stereocenters. The van der Waals surface area contributed by atoms with E-state index < -0.39 is 47.2 Å². The maximum atomic E-state index is 14.5. The highest BCUT2D eigenvalue weighted by molar-refractivity contribution is 6.04. The molecule has 0 spiro atoms. The SMILES string of the molecule is CC(C(=O)NC(C(=O)N1CCN(C(=O)c2c(OCCOCCOCCOCCO)c3cc(F)c(F)cc3n2C)CC1)C1CCCCC1)N(C)C(=O)OC(C)(C)C. The van der Waals surface area contributed by atoms with Gasteiger partial charge in [-0.2, -0.15) is 0 Å². The third kappa shape index (κ3) is 12.0. The van der Waals surface area contributed by atoms with Crippen LogP contribution in [0, 0.1) is 17.6 Å². The molecule has 2 heterocycles. The molecule has 2 N–H and O–H groups in total. The second kappa shape index (κ2) is 20.9. The number of carbonyl (C=O) groups is 4. The Labute approximate surface area is 327 Å². The molecule has 1 aliphatic heterocycles. The van der Waals surface area contributed by atoms with Gasteiger partial charge in [-0.15, -0.1) is 0 Å². The molecule has 17 heteroatoms. The quantitative estimate of drug-likeness (QED) is 0.214. The van der Waals surface area contributed by atoms with Crippen LogP contribution in [0.3, 0.4) is 0 Å². The average molecular weight is 796 g/mol. The number of aliphatic hydroxyl groups excluding tert-OH is 1. The van der Waals surface area contributed by atoms with Crippen LogP contribution in [0.4, 0.5) is 13.6 Å². The first-order valence-corrected chi connectivity index (χ1v) is 19.4. The minimum atomic E-state index is -1.08. The number of hydrogen-bond donors (Lipinski definition) is 2. The molecule has 2 aromatic rings. The number of benzene rings is 1. The van der Waals surface area contributed by atoms with Crippen molar-refractivity contribution >= 4 is 34.7 Å². The predicted molar refractivity (Wildman–Crippen MR) is 202 cm³/mol. The number of piperazine rings is 1. The monoisotopic (exact) mass is 795 g/mol. The fourth-order valence-electron chi connectivity index (χ4n) is 6.86. The van der Waals surface area contributed by atoms with E-state index in [0.29, 0.717) is 19.8 Å². The van der Waals surface area contributed by atoms with Crippen molar-refractivity contribution in [1.29, 1.82) is 0 Å². The Bertz CT molecular complexity index is 1640. The summed E-state index contributed by atoms with van der Waals surface area (Å²) in [6.07, 6.45) is 3.82. The summed E-state index contributed by atoms with van der Waals surface area (Å²) in [5.74, 6) is -3.27. The number of ether oxygens (including phenoxy) is 5. The first-order chi connectivity index (χ1) is 26.6. The van der Waals surface area contributed by atoms with Gasteiger partial charge in [-0.1, -0.05) is 19.3 Å². The summed E-state index contributed by atoms with van der Waals surface area (Å²) in [5.41, 5.74) is -0.369. The van der Waals surface area contributed by atoms with Crippen molar-refractivity contribution in [3.63, 3.8) is 0 Å². The largest absolute Gasteiger partial charge is 0.488 e. The van der Waals surface area contributed by atoms with Gasteiger partial charge in [0.1, 0.15) is 24.3 Å². The van der Waals surface area contributed by atoms with Gasteiger partial charge >= 0.3 is 6.09 Å². The topological polar surface area (TPSA) is 161 Å². The van der Waals surface area contributed by atoms with Crippen molar-refractivity contribution in [3.8, 4) is 5.75 Å². The van der Waals surface area contributed by atoms with Crippen molar-refractivity contribution in [2.45, 2.75) is 77.5 Å². The van der Waals surface area contributed by atoms with Gasteiger partial charge in [0.25, 0.3) is 5.91 Å². The maximum absolute atomic E-state index is 14.5. The number of aryl methyl sites for hydroxylation is 1. The molecule has 0 radical (unpaired) electrons. The van der Waals surface area contributed by atoms with Crippen molar-refractivity contribution in [1.82, 2.24) is 24.6 Å². The summed E-state index contributed by atoms with van der Waals surface area (Å²) < 4.78 is 57.9. The minimum Gasteiger partial charge on any atom is -0.488 e. The van der Waals surface area contributed by atoms with Gasteiger partial charge in [-0.05, 0) is 52.5 Å². The van der Waals surface area contributed by atoms with Gasteiger partial charge in [-0.25, -0.2) is 13.6 Å². The fraction of sp³-hybridized carbons (Fsp3) is 0.692. The maximum Gasteiger partial charge on any atom is 0.410 e. The Morgan fingerprint density at radius 3 is 2.02 bits per heavy atom. The molecule has 1 saturated heterocycles. The molecule has 4 amide bonds. The summed E-state index contributed by atoms with van der Waals surface area (Å²) in [6, 6.07) is 0.329. The van der Waals surface area contributed by atoms with E-state index in [4.69, 9.17) is 28.8 Å². The van der Waals surface area contributed by atoms with Crippen molar-refractivity contribution in [2.75, 3.05) is 86.1 Å². The van der Waals surface area contributed by atoms with Crippen LogP contribution in [0.1, 0.15) is 70.3 Å². The molecule has 2 aliphatic rings. The molecular weight excluding hydrogens is 736 g/mol. The summed E-state index contributed by atoms with van der Waals surface area (Å²) in [7, 11) is 3.06. The Hall–Kier alpha value is -4.06. The second-order valence-electron chi connectivity index (χ2n) is 15.2. The minimum absolute atomic E-state index is 0.0146. The molecule has 1 aromatic heterocycles. The van der Waals surface area contributed by atoms with Gasteiger partial charge in [0.2, 0.25) is 11.8 Å². The number of rotatable bonds is 18. The lowest BCUT2D eigenvalue weighted by Crippen LogP contribution is -2.59. The van der Waals surface area contributed by atoms with Crippen LogP contribution in [0.2, 0.25) is 0 Å². The van der Waals surface area contributed by atoms with E-state index in [0.717, 1.165) is 44.2 Å². The summed E-state index contributed by atoms with van der Waals surface area (Å²) >= 11 is 0. The average Bonchev–Trinajstić information content (AvgIpc) is 3.43. The summed E-state index contributed by atoms with van der Waals surface area (Å²) in [5, 5.41) is 11.9. The van der Waals surface area contributed by atoms with Gasteiger partial charge in [0, 0.05) is 51.7 Å². The number of fused-ring (bicyclic) bond motifs is 1. The van der Waals surface area contributed by atoms with Crippen molar-refractivity contribution in [2.24, 2.45) is 13.0 Å². The van der Waals surface area contributed by atoms with Crippen LogP contribution >= 0.6 is 0 Å². The first-order valence-electron chi connectivity index (χ1n) is 19.4. The van der Waals surface area contributed by atoms with E-state index in [1.165, 1.54) is 16.5 Å². The van der Waals surface area contributed by atoms with Crippen LogP contribution in [-0.2, 0) is 35.6 Å². The van der Waals surface area contributed by atoms with E-state index in [-0.39, 0.29) is 93.4 Å². The molecule has 56 heavy (non-hydrogen) atoms. The molecule has 1 aromatic carbocycles. The van der Waals surface area contributed by atoms with E-state index >= 15 is 0 Å². The van der Waals surface area contributed by atoms with Crippen molar-refractivity contribution < 1.29 is 56.7 Å². The Morgan fingerprint density at radius 1 is 0.875 bits per heavy atom. The first kappa shape index (κ1) is 44.7. The van der Waals surface area contributed by atoms with Gasteiger partial charge in [-0.3, -0.25) is 19.3 Å². The van der Waals surface area contributed by atoms with Gasteiger partial charge < -0.3 is 48.5 Å². The van der Waals surface area contributed by atoms with E-state index in [9.17, 15) is 28.0 Å². The van der Waals surface area contributed by atoms with Crippen molar-refractivity contribution in [3.05, 3.63) is 29.5 Å². The van der Waals surface area contributed by atoms with Crippen LogP contribution < -0.4 is 10.1 Å². The zero-order chi connectivity index (χ0) is 41.0. The normalized spacial score (nSPS) is 16.4. The molecule has 2 atom stereocenters. The molecule has 2 fully saturated rings. The zero-order valence-corrected chi connectivity index (χ0v) is 33.6. The molecule has 0 bridgehead atoms. The highest BCUT2D eigenvalue weighted by Gasteiger charge is 2.38. The molecule has 15 nitrogen and oxygen atoms in total. The number of carbonyl (C=O) groups excluding carboxylic acids is 4. The number of halogens is 2. The standard InChI is InChI=1S/C39H59F2N5O10/c1-26(43(5)38(51)56-39(2,3)4)35(48)42-32(27-10-8-7-9-11-27)36(49)45-12-14-46(15-13-45)37(50)33-34(28-24-29(40)30(41)25-31(28)44(33)6)55-23-22-54-21-20-53-19-18-52-17-16-47/h24-27,32,47H,7-23H2,1-6H3,(H,42,48). The Morgan fingerprint density at radius 2 is 1.43 bits per heavy atom. The number of aliphatic hydroxyl groups is 1. The van der Waals surface area contributed by atoms with Gasteiger partial charge in [0.15, 0.2) is 23.1 Å². The van der Waals surface area contributed by atoms with Crippen LogP contribution in [0.15, 0.2) is 12.1 Å². The third-order valence-electron chi connectivity index (χ3n) is 10.1. The summed E-state index contributed by atoms with van der Waals surface area (Å²) in [4.78, 5) is 58.9. The Kier molecular flexibility index (Phi) is 16.7. The van der Waals surface area contributed by atoms with E-state index in [1.54, 1.807) is 44.5 Å². The number of aromatic nitrogens is 1. The van der Waals surface area contributed by atoms with Gasteiger partial charge in [0.05, 0.1) is 51.8 Å². The van der Waals surface area contributed by atoms with Crippen LogP contribution in [0.5, 0.6) is 5.75 Å². The van der Waals surface area contributed by atoms with E-state index in [2.05, 4.69) is 5.32 Å². The van der Waals surface area contributed by atoms with E-state index in [1.807, 2.05) is 0 Å². The predicted octanol–water partition coefficient (Wildman–Crippen LogP) is 3.48. The Balaban J connectivity index is 1.41. The number of nitrogens with zero attached hydrogens (tertiary/aromatic N) is 4. The molecule has 1 aliphatic carbocycles. The molecule has 4 rings (SSSR count). The second-order valence-corrected chi connectivity index (χ2v) is 15.2. The van der Waals surface area contributed by atoms with Crippen LogP contribution in [0.25, 0.3) is 10.9 Å². The zero-order valence-electron chi connectivity index (χ0n) is 33.6. The fourth-order valence-corrected chi connectivity index (χ4v) is 6.86. The number of nitrogens with one attached hydrogen (secondary N) is 1. The lowest BCUT2D eigenvalue weighted by atomic mass is 9.83. The molecule has 1 saturated carbocycles. The summed E-state index contributed by atoms with van der Waals surface area (Å²) in [6.45, 7) is 9.13. The lowest BCUT2D eigenvalue weighted by Gasteiger charge is -2.39.